The van der Waals surface area contributed by atoms with Gasteiger partial charge in [-0.2, -0.15) is 8.42 Å². The molecular weight excluding hydrogens is 518 g/mol. The van der Waals surface area contributed by atoms with Crippen molar-refractivity contribution in [3.05, 3.63) is 95.6 Å². The number of esters is 2. The predicted octanol–water partition coefficient (Wildman–Crippen LogP) is 4.90. The lowest BCUT2D eigenvalue weighted by Crippen LogP contribution is -2.33. The molecule has 0 aliphatic rings. The molecule has 9 heteroatoms. The monoisotopic (exact) mass is 553 g/mol. The third-order valence-electron chi connectivity index (χ3n) is 5.86. The Morgan fingerprint density at radius 3 is 2.08 bits per heavy atom. The van der Waals surface area contributed by atoms with Crippen molar-refractivity contribution >= 4 is 22.1 Å². The highest BCUT2D eigenvalue weighted by atomic mass is 32.2. The zero-order valence-corrected chi connectivity index (χ0v) is 23.4. The first-order chi connectivity index (χ1) is 18.4. The Labute approximate surface area is 230 Å². The van der Waals surface area contributed by atoms with Gasteiger partial charge in [-0.1, -0.05) is 60.2 Å². The van der Waals surface area contributed by atoms with Gasteiger partial charge in [0.05, 0.1) is 12.3 Å². The highest BCUT2D eigenvalue weighted by Crippen LogP contribution is 2.31. The molecule has 0 saturated heterocycles. The van der Waals surface area contributed by atoms with E-state index in [2.05, 4.69) is 0 Å². The van der Waals surface area contributed by atoms with Gasteiger partial charge in [0.25, 0.3) is 0 Å². The van der Waals surface area contributed by atoms with E-state index in [1.54, 1.807) is 45.0 Å². The Kier molecular flexibility index (Phi) is 9.88. The van der Waals surface area contributed by atoms with E-state index in [0.29, 0.717) is 5.56 Å². The van der Waals surface area contributed by atoms with Crippen molar-refractivity contribution in [1.29, 1.82) is 0 Å². The van der Waals surface area contributed by atoms with Gasteiger partial charge in [-0.3, -0.25) is 9.59 Å². The summed E-state index contributed by atoms with van der Waals surface area (Å²) in [7, 11) is -4.05. The van der Waals surface area contributed by atoms with Crippen LogP contribution in [0.5, 0.6) is 5.75 Å². The average molecular weight is 554 g/mol. The number of aryl methyl sites for hydroxylation is 1. The fourth-order valence-electron chi connectivity index (χ4n) is 3.96. The van der Waals surface area contributed by atoms with Crippen LogP contribution in [0.4, 0.5) is 0 Å². The standard InChI is InChI=1S/C30H35NO7S/c1-21-10-16-26(17-11-21)39(34,35)38-25-14-12-23(13-15-25)28(24(19-31)18-27(32)37-30(2,3)4)29(33)36-20-22-8-6-5-7-9-22/h5-17,24,28H,18-20,31H2,1-4H3. The highest BCUT2D eigenvalue weighted by molar-refractivity contribution is 7.87. The van der Waals surface area contributed by atoms with E-state index in [9.17, 15) is 18.0 Å². The van der Waals surface area contributed by atoms with Crippen molar-refractivity contribution in [1.82, 2.24) is 0 Å². The Balaban J connectivity index is 1.84. The van der Waals surface area contributed by atoms with E-state index in [-0.39, 0.29) is 30.2 Å². The summed E-state index contributed by atoms with van der Waals surface area (Å²) in [5.74, 6) is -2.48. The van der Waals surface area contributed by atoms with Crippen LogP contribution in [0.15, 0.2) is 83.8 Å². The fraction of sp³-hybridized carbons (Fsp3) is 0.333. The van der Waals surface area contributed by atoms with Crippen LogP contribution in [0.25, 0.3) is 0 Å². The van der Waals surface area contributed by atoms with Gasteiger partial charge >= 0.3 is 22.1 Å². The van der Waals surface area contributed by atoms with Crippen LogP contribution < -0.4 is 9.92 Å². The van der Waals surface area contributed by atoms with Crippen LogP contribution in [0.1, 0.15) is 49.8 Å². The lowest BCUT2D eigenvalue weighted by Gasteiger charge is -2.26. The van der Waals surface area contributed by atoms with Crippen LogP contribution in [-0.4, -0.2) is 32.5 Å². The van der Waals surface area contributed by atoms with Crippen LogP contribution in [0.2, 0.25) is 0 Å². The number of carbonyl (C=O) groups excluding carboxylic acids is 2. The predicted molar refractivity (Wildman–Crippen MR) is 147 cm³/mol. The highest BCUT2D eigenvalue weighted by Gasteiger charge is 2.33. The number of benzene rings is 3. The lowest BCUT2D eigenvalue weighted by atomic mass is 9.83. The van der Waals surface area contributed by atoms with E-state index in [4.69, 9.17) is 19.4 Å². The average Bonchev–Trinajstić information content (AvgIpc) is 2.87. The summed E-state index contributed by atoms with van der Waals surface area (Å²) in [6, 6.07) is 21.6. The van der Waals surface area contributed by atoms with Crippen LogP contribution in [-0.2, 0) is 35.8 Å². The number of carbonyl (C=O) groups is 2. The number of ether oxygens (including phenoxy) is 2. The third-order valence-corrected chi connectivity index (χ3v) is 7.12. The molecule has 2 N–H and O–H groups in total. The summed E-state index contributed by atoms with van der Waals surface area (Å²) in [4.78, 5) is 26.0. The first-order valence-electron chi connectivity index (χ1n) is 12.6. The molecule has 0 spiro atoms. The minimum atomic E-state index is -4.05. The second-order valence-electron chi connectivity index (χ2n) is 10.3. The Hall–Kier alpha value is -3.69. The minimum absolute atomic E-state index is 0.0183. The third kappa shape index (κ3) is 8.94. The fourth-order valence-corrected chi connectivity index (χ4v) is 4.89. The Bertz CT molecular complexity index is 1350. The van der Waals surface area contributed by atoms with Gasteiger partial charge in [-0.25, -0.2) is 0 Å². The summed E-state index contributed by atoms with van der Waals surface area (Å²) in [6.07, 6.45) is -0.0983. The molecule has 39 heavy (non-hydrogen) atoms. The van der Waals surface area contributed by atoms with Gasteiger partial charge < -0.3 is 19.4 Å². The molecule has 0 radical (unpaired) electrons. The number of hydrogen-bond donors (Lipinski definition) is 1. The number of rotatable bonds is 11. The molecule has 0 amide bonds. The van der Waals surface area contributed by atoms with Gasteiger partial charge in [0.2, 0.25) is 0 Å². The second-order valence-corrected chi connectivity index (χ2v) is 11.8. The minimum Gasteiger partial charge on any atom is -0.460 e. The van der Waals surface area contributed by atoms with Crippen LogP contribution in [0, 0.1) is 12.8 Å². The molecular formula is C30H35NO7S. The molecule has 2 atom stereocenters. The van der Waals surface area contributed by atoms with Gasteiger partial charge in [-0.05, 0) is 75.5 Å². The summed E-state index contributed by atoms with van der Waals surface area (Å²) in [5.41, 5.74) is 7.58. The van der Waals surface area contributed by atoms with Gasteiger partial charge in [0, 0.05) is 0 Å². The first kappa shape index (κ1) is 29.9. The maximum absolute atomic E-state index is 13.4. The van der Waals surface area contributed by atoms with Crippen molar-refractivity contribution in [3.63, 3.8) is 0 Å². The van der Waals surface area contributed by atoms with Crippen molar-refractivity contribution in [2.24, 2.45) is 11.7 Å². The molecule has 0 heterocycles. The number of hydrogen-bond acceptors (Lipinski definition) is 8. The quantitative estimate of drug-likeness (QED) is 0.263. The Morgan fingerprint density at radius 2 is 1.51 bits per heavy atom. The van der Waals surface area contributed by atoms with Crippen molar-refractivity contribution < 1.29 is 31.7 Å². The molecule has 0 fully saturated rings. The SMILES string of the molecule is Cc1ccc(S(=O)(=O)Oc2ccc(C(C(=O)OCc3ccccc3)C(CN)CC(=O)OC(C)(C)C)cc2)cc1. The van der Waals surface area contributed by atoms with Crippen molar-refractivity contribution in [2.75, 3.05) is 6.54 Å². The second kappa shape index (κ2) is 12.9. The topological polar surface area (TPSA) is 122 Å². The zero-order valence-electron chi connectivity index (χ0n) is 22.6. The lowest BCUT2D eigenvalue weighted by molar-refractivity contribution is -0.157. The maximum atomic E-state index is 13.4. The van der Waals surface area contributed by atoms with Gasteiger partial charge in [0.1, 0.15) is 22.9 Å². The molecule has 0 aliphatic heterocycles. The summed E-state index contributed by atoms with van der Waals surface area (Å²) >= 11 is 0. The van der Waals surface area contributed by atoms with Gasteiger partial charge in [-0.15, -0.1) is 0 Å². The molecule has 208 valence electrons. The largest absolute Gasteiger partial charge is 0.460 e. The van der Waals surface area contributed by atoms with Crippen LogP contribution in [0.3, 0.4) is 0 Å². The normalized spacial score (nSPS) is 13.3. The molecule has 0 saturated carbocycles. The summed E-state index contributed by atoms with van der Waals surface area (Å²) in [5, 5.41) is 0. The zero-order chi connectivity index (χ0) is 28.6. The molecule has 0 aliphatic carbocycles. The summed E-state index contributed by atoms with van der Waals surface area (Å²) < 4.78 is 41.7. The first-order valence-corrected chi connectivity index (χ1v) is 14.0. The Morgan fingerprint density at radius 1 is 0.897 bits per heavy atom. The molecule has 3 aromatic carbocycles. The molecule has 8 nitrogen and oxygen atoms in total. The number of nitrogens with two attached hydrogens (primary N) is 1. The maximum Gasteiger partial charge on any atom is 0.339 e. The molecule has 2 unspecified atom stereocenters. The smallest absolute Gasteiger partial charge is 0.339 e. The molecule has 3 rings (SSSR count). The van der Waals surface area contributed by atoms with Crippen molar-refractivity contribution in [3.8, 4) is 5.75 Å². The van der Waals surface area contributed by atoms with E-state index in [1.165, 1.54) is 24.3 Å². The molecule has 0 aromatic heterocycles. The van der Waals surface area contributed by atoms with E-state index < -0.39 is 39.5 Å². The molecule has 3 aromatic rings. The molecule has 0 bridgehead atoms. The van der Waals surface area contributed by atoms with E-state index >= 15 is 0 Å². The van der Waals surface area contributed by atoms with Crippen LogP contribution >= 0.6 is 0 Å². The van der Waals surface area contributed by atoms with E-state index in [0.717, 1.165) is 11.1 Å². The van der Waals surface area contributed by atoms with E-state index in [1.807, 2.05) is 37.3 Å². The van der Waals surface area contributed by atoms with Crippen molar-refractivity contribution in [2.45, 2.75) is 57.1 Å². The summed E-state index contributed by atoms with van der Waals surface area (Å²) in [6.45, 7) is 7.21. The van der Waals surface area contributed by atoms with Gasteiger partial charge in [0.15, 0.2) is 0 Å².